The first-order valence-electron chi connectivity index (χ1n) is 10.1. The molecule has 0 aromatic heterocycles. The Morgan fingerprint density at radius 3 is 2.85 bits per heavy atom. The lowest BCUT2D eigenvalue weighted by molar-refractivity contribution is -0.174. The minimum atomic E-state index is -0.631. The molecule has 4 atom stereocenters. The normalized spacial score (nSPS) is 39.1. The molecular weight excluding hydrogens is 340 g/mol. The third-order valence-electron chi connectivity index (χ3n) is 7.87. The molecule has 0 bridgehead atoms. The van der Waals surface area contributed by atoms with E-state index in [4.69, 9.17) is 9.94 Å². The van der Waals surface area contributed by atoms with Crippen LogP contribution >= 0.6 is 0 Å². The van der Waals surface area contributed by atoms with Crippen molar-refractivity contribution in [2.75, 3.05) is 0 Å². The maximum Gasteiger partial charge on any atom is 0.303 e. The highest BCUT2D eigenvalue weighted by molar-refractivity contribution is 5.97. The molecule has 4 rings (SSSR count). The van der Waals surface area contributed by atoms with Gasteiger partial charge >= 0.3 is 5.97 Å². The smallest absolute Gasteiger partial charge is 0.303 e. The number of carbonyl (C=O) groups excluding carboxylic acids is 1. The zero-order valence-electron chi connectivity index (χ0n) is 16.3. The Morgan fingerprint density at radius 2 is 2.15 bits per heavy atom. The second-order valence-corrected chi connectivity index (χ2v) is 8.90. The summed E-state index contributed by atoms with van der Waals surface area (Å²) in [4.78, 5) is 11.8. The molecule has 4 aliphatic carbocycles. The van der Waals surface area contributed by atoms with Crippen LogP contribution in [0.5, 0.6) is 0 Å². The minimum Gasteiger partial charge on any atom is -0.458 e. The van der Waals surface area contributed by atoms with Crippen LogP contribution in [-0.4, -0.2) is 22.5 Å². The standard InChI is InChI=1S/C22H28N2O3/c1-14(25)27-22(11-12-23)10-8-20-19-5-3-15-13-16(24-26)4-6-17(15)18(19)7-9-21(20,22)2/h13,19-20,26H,3-11H2,1-2H3/b24-16-/t19-,20+,21+,22-/m1/s1. The molecule has 0 radical (unpaired) electrons. The van der Waals surface area contributed by atoms with E-state index in [0.717, 1.165) is 57.1 Å². The van der Waals surface area contributed by atoms with Crippen molar-refractivity contribution in [1.82, 2.24) is 0 Å². The molecule has 0 heterocycles. The van der Waals surface area contributed by atoms with Gasteiger partial charge in [-0.05, 0) is 80.4 Å². The van der Waals surface area contributed by atoms with Crippen molar-refractivity contribution in [2.45, 2.75) is 77.2 Å². The quantitative estimate of drug-likeness (QED) is 0.436. The zero-order chi connectivity index (χ0) is 19.2. The molecule has 1 N–H and O–H groups in total. The number of carbonyl (C=O) groups is 1. The summed E-state index contributed by atoms with van der Waals surface area (Å²) in [6.07, 6.45) is 10.1. The molecule has 5 nitrogen and oxygen atoms in total. The zero-order valence-corrected chi connectivity index (χ0v) is 16.3. The number of rotatable bonds is 2. The van der Waals surface area contributed by atoms with E-state index in [1.54, 1.807) is 5.57 Å². The summed E-state index contributed by atoms with van der Waals surface area (Å²) in [5.41, 5.74) is 4.46. The summed E-state index contributed by atoms with van der Waals surface area (Å²) in [5, 5.41) is 22.0. The summed E-state index contributed by atoms with van der Waals surface area (Å²) in [5.74, 6) is 0.726. The van der Waals surface area contributed by atoms with Gasteiger partial charge in [0.2, 0.25) is 0 Å². The maximum atomic E-state index is 11.8. The van der Waals surface area contributed by atoms with Crippen molar-refractivity contribution in [3.63, 3.8) is 0 Å². The molecule has 0 unspecified atom stereocenters. The summed E-state index contributed by atoms with van der Waals surface area (Å²) in [7, 11) is 0. The first-order chi connectivity index (χ1) is 12.9. The molecule has 4 aliphatic rings. The van der Waals surface area contributed by atoms with Crippen LogP contribution in [0.1, 0.15) is 71.6 Å². The van der Waals surface area contributed by atoms with E-state index >= 15 is 0 Å². The van der Waals surface area contributed by atoms with Crippen LogP contribution in [0.2, 0.25) is 0 Å². The highest BCUT2D eigenvalue weighted by atomic mass is 16.6. The fraction of sp³-hybridized carbons (Fsp3) is 0.682. The molecule has 0 amide bonds. The van der Waals surface area contributed by atoms with Crippen LogP contribution in [0.3, 0.4) is 0 Å². The molecular formula is C22H28N2O3. The average Bonchev–Trinajstić information content (AvgIpc) is 2.93. The number of fused-ring (bicyclic) bond motifs is 4. The Morgan fingerprint density at radius 1 is 1.33 bits per heavy atom. The fourth-order valence-corrected chi connectivity index (χ4v) is 6.61. The van der Waals surface area contributed by atoms with Crippen LogP contribution in [0.4, 0.5) is 0 Å². The largest absolute Gasteiger partial charge is 0.458 e. The van der Waals surface area contributed by atoms with Crippen LogP contribution in [0, 0.1) is 28.6 Å². The van der Waals surface area contributed by atoms with Crippen molar-refractivity contribution in [1.29, 1.82) is 5.26 Å². The van der Waals surface area contributed by atoms with E-state index in [2.05, 4.69) is 24.2 Å². The lowest BCUT2D eigenvalue weighted by Gasteiger charge is -2.52. The predicted molar refractivity (Wildman–Crippen MR) is 101 cm³/mol. The lowest BCUT2D eigenvalue weighted by atomic mass is 9.54. The Labute approximate surface area is 160 Å². The van der Waals surface area contributed by atoms with Crippen LogP contribution < -0.4 is 0 Å². The van der Waals surface area contributed by atoms with Gasteiger partial charge in [-0.3, -0.25) is 4.79 Å². The van der Waals surface area contributed by atoms with Gasteiger partial charge < -0.3 is 9.94 Å². The van der Waals surface area contributed by atoms with Crippen molar-refractivity contribution >= 4 is 11.7 Å². The van der Waals surface area contributed by atoms with E-state index < -0.39 is 5.60 Å². The number of oxime groups is 1. The monoisotopic (exact) mass is 368 g/mol. The number of ether oxygens (including phenoxy) is 1. The molecule has 0 saturated heterocycles. The molecule has 0 spiro atoms. The second kappa shape index (κ2) is 6.51. The van der Waals surface area contributed by atoms with E-state index in [9.17, 15) is 10.1 Å². The van der Waals surface area contributed by atoms with Gasteiger partial charge in [0.15, 0.2) is 0 Å². The fourth-order valence-electron chi connectivity index (χ4n) is 6.61. The Balaban J connectivity index is 1.71. The highest BCUT2D eigenvalue weighted by Crippen LogP contribution is 2.65. The second-order valence-electron chi connectivity index (χ2n) is 8.90. The Kier molecular flexibility index (Phi) is 4.41. The maximum absolute atomic E-state index is 11.8. The molecule has 2 fully saturated rings. The van der Waals surface area contributed by atoms with Crippen molar-refractivity contribution in [3.8, 4) is 6.07 Å². The van der Waals surface area contributed by atoms with E-state index in [1.165, 1.54) is 18.1 Å². The van der Waals surface area contributed by atoms with Gasteiger partial charge in [0, 0.05) is 12.3 Å². The van der Waals surface area contributed by atoms with Crippen molar-refractivity contribution in [2.24, 2.45) is 22.4 Å². The van der Waals surface area contributed by atoms with E-state index in [1.807, 2.05) is 0 Å². The van der Waals surface area contributed by atoms with E-state index in [0.29, 0.717) is 18.3 Å². The first kappa shape index (κ1) is 18.3. The third kappa shape index (κ3) is 2.64. The minimum absolute atomic E-state index is 0.128. The summed E-state index contributed by atoms with van der Waals surface area (Å²) in [6.45, 7) is 3.72. The Hall–Kier alpha value is -2.09. The molecule has 0 aromatic rings. The van der Waals surface area contributed by atoms with Crippen LogP contribution in [-0.2, 0) is 9.53 Å². The number of esters is 1. The number of nitrogens with zero attached hydrogens (tertiary/aromatic N) is 2. The molecule has 0 aromatic carbocycles. The molecule has 144 valence electrons. The number of nitriles is 1. The predicted octanol–water partition coefficient (Wildman–Crippen LogP) is 4.67. The average molecular weight is 368 g/mol. The molecule has 0 aliphatic heterocycles. The topological polar surface area (TPSA) is 82.7 Å². The van der Waals surface area contributed by atoms with Crippen molar-refractivity contribution in [3.05, 3.63) is 22.8 Å². The summed E-state index contributed by atoms with van der Waals surface area (Å²) >= 11 is 0. The van der Waals surface area contributed by atoms with Gasteiger partial charge in [0.1, 0.15) is 5.60 Å². The lowest BCUT2D eigenvalue weighted by Crippen LogP contribution is -2.51. The van der Waals surface area contributed by atoms with Gasteiger partial charge in [-0.15, -0.1) is 0 Å². The molecule has 2 saturated carbocycles. The SMILES string of the molecule is CC(=O)O[C@@]1(CC#N)CC[C@H]2[C@@H]3CCC4=C/C(=N\O)CCC4=C3CC[C@@]21C. The third-order valence-corrected chi connectivity index (χ3v) is 7.87. The van der Waals surface area contributed by atoms with Gasteiger partial charge in [-0.2, -0.15) is 5.26 Å². The molecule has 5 heteroatoms. The first-order valence-corrected chi connectivity index (χ1v) is 10.1. The number of allylic oxidation sites excluding steroid dienone is 4. The highest BCUT2D eigenvalue weighted by Gasteiger charge is 2.63. The Bertz CT molecular complexity index is 803. The van der Waals surface area contributed by atoms with Crippen LogP contribution in [0.25, 0.3) is 0 Å². The van der Waals surface area contributed by atoms with Gasteiger partial charge in [-0.1, -0.05) is 17.7 Å². The number of hydrogen-bond donors (Lipinski definition) is 1. The number of hydrogen-bond acceptors (Lipinski definition) is 5. The van der Waals surface area contributed by atoms with Crippen molar-refractivity contribution < 1.29 is 14.7 Å². The van der Waals surface area contributed by atoms with E-state index in [-0.39, 0.29) is 11.4 Å². The van der Waals surface area contributed by atoms with Gasteiger partial charge in [-0.25, -0.2) is 0 Å². The summed E-state index contributed by atoms with van der Waals surface area (Å²) < 4.78 is 5.89. The summed E-state index contributed by atoms with van der Waals surface area (Å²) in [6, 6.07) is 2.31. The molecule has 27 heavy (non-hydrogen) atoms. The van der Waals surface area contributed by atoms with Gasteiger partial charge in [0.25, 0.3) is 0 Å². The van der Waals surface area contributed by atoms with Gasteiger partial charge in [0.05, 0.1) is 18.2 Å². The van der Waals surface area contributed by atoms with Crippen LogP contribution in [0.15, 0.2) is 28.0 Å².